The van der Waals surface area contributed by atoms with Gasteiger partial charge in [0.05, 0.1) is 18.4 Å². The third kappa shape index (κ3) is 3.54. The average Bonchev–Trinajstić information content (AvgIpc) is 2.78. The van der Waals surface area contributed by atoms with E-state index in [1.807, 2.05) is 24.3 Å². The van der Waals surface area contributed by atoms with Crippen molar-refractivity contribution in [3.05, 3.63) is 77.5 Å². The number of hydrogen-bond donors (Lipinski definition) is 0. The number of amidine groups is 1. The molecule has 0 aromatic heterocycles. The van der Waals surface area contributed by atoms with Crippen LogP contribution < -0.4 is 4.90 Å². The molecule has 2 aliphatic rings. The Morgan fingerprint density at radius 2 is 1.72 bits per heavy atom. The summed E-state index contributed by atoms with van der Waals surface area (Å²) in [6.07, 6.45) is 4.45. The Bertz CT molecular complexity index is 1040. The van der Waals surface area contributed by atoms with Gasteiger partial charge in [0, 0.05) is 18.2 Å². The predicted molar refractivity (Wildman–Crippen MR) is 108 cm³/mol. The van der Waals surface area contributed by atoms with Crippen molar-refractivity contribution < 1.29 is 19.1 Å². The van der Waals surface area contributed by atoms with Crippen molar-refractivity contribution in [2.45, 2.75) is 12.8 Å². The Labute approximate surface area is 167 Å². The number of anilines is 1. The number of hydrogen-bond acceptors (Lipinski definition) is 5. The van der Waals surface area contributed by atoms with Crippen LogP contribution >= 0.6 is 0 Å². The highest BCUT2D eigenvalue weighted by Crippen LogP contribution is 2.28. The number of carbonyl (C=O) groups excluding carboxylic acids is 3. The van der Waals surface area contributed by atoms with E-state index >= 15 is 0 Å². The Balaban J connectivity index is 1.50. The minimum atomic E-state index is -0.456. The van der Waals surface area contributed by atoms with Gasteiger partial charge in [-0.2, -0.15) is 0 Å². The molecule has 0 aliphatic carbocycles. The van der Waals surface area contributed by atoms with E-state index in [1.165, 1.54) is 12.0 Å². The van der Waals surface area contributed by atoms with Crippen molar-refractivity contribution in [3.63, 3.8) is 0 Å². The molecule has 7 nitrogen and oxygen atoms in total. The monoisotopic (exact) mass is 389 g/mol. The molecule has 2 aliphatic heterocycles. The van der Waals surface area contributed by atoms with Crippen LogP contribution in [0.2, 0.25) is 0 Å². The number of carbonyl (C=O) groups is 3. The quantitative estimate of drug-likeness (QED) is 0.740. The van der Waals surface area contributed by atoms with E-state index in [0.29, 0.717) is 29.8 Å². The van der Waals surface area contributed by atoms with Crippen LogP contribution in [0.3, 0.4) is 0 Å². The van der Waals surface area contributed by atoms with Crippen LogP contribution in [-0.2, 0) is 16.0 Å². The largest absolute Gasteiger partial charge is 0.465 e. The minimum absolute atomic E-state index is 0.00900. The second-order valence-corrected chi connectivity index (χ2v) is 6.68. The van der Waals surface area contributed by atoms with Crippen molar-refractivity contribution in [2.24, 2.45) is 4.99 Å². The van der Waals surface area contributed by atoms with E-state index < -0.39 is 5.97 Å². The van der Waals surface area contributed by atoms with Gasteiger partial charge in [-0.3, -0.25) is 19.4 Å². The molecule has 0 bridgehead atoms. The van der Waals surface area contributed by atoms with E-state index in [0.717, 1.165) is 11.3 Å². The summed E-state index contributed by atoms with van der Waals surface area (Å²) < 4.78 is 4.66. The standard InChI is InChI=1S/C22H19N3O4/c1-29-22(28)17-8-6-16(7-9-17)21(27)24-13-12-19(23-14-24)25-18-5-3-2-4-15(18)10-11-20(25)26/h2-9,12-13H,10-11,14H2,1H3. The first-order valence-electron chi connectivity index (χ1n) is 9.21. The predicted octanol–water partition coefficient (Wildman–Crippen LogP) is 2.78. The van der Waals surface area contributed by atoms with Gasteiger partial charge in [-0.05, 0) is 48.4 Å². The zero-order valence-corrected chi connectivity index (χ0v) is 15.9. The molecule has 7 heteroatoms. The molecule has 2 aromatic carbocycles. The van der Waals surface area contributed by atoms with E-state index in [4.69, 9.17) is 0 Å². The molecule has 2 amide bonds. The molecule has 4 rings (SSSR count). The topological polar surface area (TPSA) is 79.3 Å². The summed E-state index contributed by atoms with van der Waals surface area (Å²) in [6.45, 7) is 0.107. The van der Waals surface area contributed by atoms with Gasteiger partial charge in [-0.1, -0.05) is 18.2 Å². The second-order valence-electron chi connectivity index (χ2n) is 6.68. The van der Waals surface area contributed by atoms with Gasteiger partial charge in [0.2, 0.25) is 5.91 Å². The van der Waals surface area contributed by atoms with E-state index in [9.17, 15) is 14.4 Å². The molecule has 0 unspecified atom stereocenters. The number of methoxy groups -OCH3 is 1. The van der Waals surface area contributed by atoms with Crippen molar-refractivity contribution in [3.8, 4) is 0 Å². The molecular weight excluding hydrogens is 370 g/mol. The number of nitrogens with zero attached hydrogens (tertiary/aromatic N) is 3. The van der Waals surface area contributed by atoms with Crippen molar-refractivity contribution >= 4 is 29.3 Å². The van der Waals surface area contributed by atoms with Gasteiger partial charge in [0.15, 0.2) is 0 Å². The lowest BCUT2D eigenvalue weighted by Gasteiger charge is -2.31. The first kappa shape index (κ1) is 18.6. The lowest BCUT2D eigenvalue weighted by Crippen LogP contribution is -2.42. The number of rotatable bonds is 2. The van der Waals surface area contributed by atoms with Gasteiger partial charge in [-0.15, -0.1) is 0 Å². The molecule has 146 valence electrons. The number of aliphatic imine (C=N–C) groups is 1. The van der Waals surface area contributed by atoms with Crippen LogP contribution in [0.1, 0.15) is 32.7 Å². The maximum Gasteiger partial charge on any atom is 0.337 e. The fourth-order valence-electron chi connectivity index (χ4n) is 3.39. The van der Waals surface area contributed by atoms with Gasteiger partial charge in [0.25, 0.3) is 5.91 Å². The summed E-state index contributed by atoms with van der Waals surface area (Å²) in [5.41, 5.74) is 2.75. The zero-order valence-electron chi connectivity index (χ0n) is 15.9. The molecule has 0 atom stereocenters. The van der Waals surface area contributed by atoms with Crippen LogP contribution in [0.15, 0.2) is 65.8 Å². The van der Waals surface area contributed by atoms with Crippen LogP contribution in [0.25, 0.3) is 0 Å². The lowest BCUT2D eigenvalue weighted by molar-refractivity contribution is -0.117. The highest BCUT2D eigenvalue weighted by Gasteiger charge is 2.28. The summed E-state index contributed by atoms with van der Waals surface area (Å²) in [7, 11) is 1.31. The van der Waals surface area contributed by atoms with Gasteiger partial charge < -0.3 is 4.74 Å². The Morgan fingerprint density at radius 1 is 1.00 bits per heavy atom. The molecule has 0 fully saturated rings. The van der Waals surface area contributed by atoms with Crippen molar-refractivity contribution in [2.75, 3.05) is 18.7 Å². The normalized spacial score (nSPS) is 15.6. The first-order valence-corrected chi connectivity index (χ1v) is 9.21. The lowest BCUT2D eigenvalue weighted by atomic mass is 10.0. The molecule has 0 N–H and O–H groups in total. The smallest absolute Gasteiger partial charge is 0.337 e. The van der Waals surface area contributed by atoms with Gasteiger partial charge in [0.1, 0.15) is 12.5 Å². The number of amides is 2. The van der Waals surface area contributed by atoms with E-state index in [2.05, 4.69) is 9.73 Å². The minimum Gasteiger partial charge on any atom is -0.465 e. The average molecular weight is 389 g/mol. The van der Waals surface area contributed by atoms with Gasteiger partial charge >= 0.3 is 5.97 Å². The fourth-order valence-corrected chi connectivity index (χ4v) is 3.39. The van der Waals surface area contributed by atoms with E-state index in [1.54, 1.807) is 41.4 Å². The summed E-state index contributed by atoms with van der Waals surface area (Å²) in [5, 5.41) is 0. The SMILES string of the molecule is COC(=O)c1ccc(C(=O)N2C=CC(N3C(=O)CCc4ccccc43)=NC2)cc1. The third-order valence-corrected chi connectivity index (χ3v) is 4.92. The number of aryl methyl sites for hydroxylation is 1. The highest BCUT2D eigenvalue weighted by molar-refractivity contribution is 6.22. The number of fused-ring (bicyclic) bond motifs is 1. The van der Waals surface area contributed by atoms with Crippen molar-refractivity contribution in [1.82, 2.24) is 4.90 Å². The highest BCUT2D eigenvalue weighted by atomic mass is 16.5. The van der Waals surface area contributed by atoms with Crippen LogP contribution in [0.4, 0.5) is 5.69 Å². The van der Waals surface area contributed by atoms with Crippen LogP contribution in [0, 0.1) is 0 Å². The Hall–Kier alpha value is -3.74. The third-order valence-electron chi connectivity index (χ3n) is 4.92. The molecule has 0 saturated heterocycles. The zero-order chi connectivity index (χ0) is 20.4. The summed E-state index contributed by atoms with van der Waals surface area (Å²) in [6, 6.07) is 14.0. The van der Waals surface area contributed by atoms with E-state index in [-0.39, 0.29) is 18.5 Å². The fraction of sp³-hybridized carbons (Fsp3) is 0.182. The Kier molecular flexibility index (Phi) is 4.95. The number of esters is 1. The molecule has 0 spiro atoms. The summed E-state index contributed by atoms with van der Waals surface area (Å²) in [4.78, 5) is 44.2. The Morgan fingerprint density at radius 3 is 2.41 bits per heavy atom. The first-order chi connectivity index (χ1) is 14.1. The summed E-state index contributed by atoms with van der Waals surface area (Å²) >= 11 is 0. The molecule has 2 heterocycles. The van der Waals surface area contributed by atoms with Gasteiger partial charge in [-0.25, -0.2) is 9.79 Å². The number of benzene rings is 2. The number of para-hydroxylation sites is 1. The van der Waals surface area contributed by atoms with Crippen molar-refractivity contribution in [1.29, 1.82) is 0 Å². The molecular formula is C22H19N3O4. The molecule has 0 saturated carbocycles. The van der Waals surface area contributed by atoms with Crippen LogP contribution in [-0.4, -0.2) is 42.3 Å². The summed E-state index contributed by atoms with van der Waals surface area (Å²) in [5.74, 6) is -0.189. The molecule has 29 heavy (non-hydrogen) atoms. The molecule has 2 aromatic rings. The maximum absolute atomic E-state index is 12.7. The van der Waals surface area contributed by atoms with Crippen LogP contribution in [0.5, 0.6) is 0 Å². The second kappa shape index (κ2) is 7.71. The number of ether oxygens (including phenoxy) is 1. The molecule has 0 radical (unpaired) electrons. The maximum atomic E-state index is 12.7.